The zero-order chi connectivity index (χ0) is 17.5. The van der Waals surface area contributed by atoms with Gasteiger partial charge in [0.1, 0.15) is 0 Å². The molecule has 2 aromatic rings. The van der Waals surface area contributed by atoms with Crippen LogP contribution in [0.4, 0.5) is 13.2 Å². The van der Waals surface area contributed by atoms with Crippen LogP contribution in [0.5, 0.6) is 0 Å². The highest BCUT2D eigenvalue weighted by atomic mass is 19.4. The van der Waals surface area contributed by atoms with Gasteiger partial charge in [-0.1, -0.05) is 35.9 Å². The molecule has 3 N–H and O–H groups in total. The first-order valence-electron chi connectivity index (χ1n) is 7.56. The lowest BCUT2D eigenvalue weighted by Gasteiger charge is -2.28. The Kier molecular flexibility index (Phi) is 4.09. The Hall–Kier alpha value is -2.34. The SMILES string of the molecule is Cc1cccc([C@H](C2NCc3cc(C(N)=O)ccc32)C(F)(F)F)c1. The molecule has 0 radical (unpaired) electrons. The second kappa shape index (κ2) is 5.94. The Morgan fingerprint density at radius 1 is 1.25 bits per heavy atom. The second-order valence-electron chi connectivity index (χ2n) is 6.07. The maximum absolute atomic E-state index is 13.8. The summed E-state index contributed by atoms with van der Waals surface area (Å²) in [5, 5.41) is 2.94. The normalized spacial score (nSPS) is 18.2. The minimum Gasteiger partial charge on any atom is -0.366 e. The smallest absolute Gasteiger partial charge is 0.366 e. The van der Waals surface area contributed by atoms with Gasteiger partial charge in [0.25, 0.3) is 0 Å². The second-order valence-corrected chi connectivity index (χ2v) is 6.07. The first-order valence-corrected chi connectivity index (χ1v) is 7.56. The Labute approximate surface area is 137 Å². The zero-order valence-electron chi connectivity index (χ0n) is 13.0. The number of hydrogen-bond donors (Lipinski definition) is 2. The summed E-state index contributed by atoms with van der Waals surface area (Å²) in [6.45, 7) is 2.05. The van der Waals surface area contributed by atoms with Crippen molar-refractivity contribution in [2.75, 3.05) is 0 Å². The van der Waals surface area contributed by atoms with Gasteiger partial charge in [-0.2, -0.15) is 13.2 Å². The van der Waals surface area contributed by atoms with E-state index in [0.29, 0.717) is 16.7 Å². The number of primary amides is 1. The van der Waals surface area contributed by atoms with Crippen LogP contribution in [-0.2, 0) is 6.54 Å². The minimum absolute atomic E-state index is 0.229. The van der Waals surface area contributed by atoms with E-state index in [1.165, 1.54) is 12.1 Å². The molecule has 0 spiro atoms. The van der Waals surface area contributed by atoms with Gasteiger partial charge in [-0.05, 0) is 35.7 Å². The van der Waals surface area contributed by atoms with Gasteiger partial charge in [0, 0.05) is 18.2 Å². The Morgan fingerprint density at radius 3 is 2.62 bits per heavy atom. The molecule has 0 saturated carbocycles. The number of hydrogen-bond acceptors (Lipinski definition) is 2. The van der Waals surface area contributed by atoms with Crippen LogP contribution in [0.1, 0.15) is 44.6 Å². The van der Waals surface area contributed by atoms with E-state index in [2.05, 4.69) is 5.32 Å². The molecular formula is C18H17F3N2O. The van der Waals surface area contributed by atoms with Crippen molar-refractivity contribution in [3.05, 3.63) is 70.3 Å². The molecule has 0 aromatic heterocycles. The number of amides is 1. The Bertz CT molecular complexity index is 786. The highest BCUT2D eigenvalue weighted by Crippen LogP contribution is 2.46. The summed E-state index contributed by atoms with van der Waals surface area (Å²) in [7, 11) is 0. The topological polar surface area (TPSA) is 55.1 Å². The van der Waals surface area contributed by atoms with Gasteiger partial charge in [-0.3, -0.25) is 4.79 Å². The lowest BCUT2D eigenvalue weighted by molar-refractivity contribution is -0.157. The quantitative estimate of drug-likeness (QED) is 0.901. The lowest BCUT2D eigenvalue weighted by atomic mass is 9.86. The number of fused-ring (bicyclic) bond motifs is 1. The molecule has 2 aromatic carbocycles. The van der Waals surface area contributed by atoms with Crippen LogP contribution in [0.15, 0.2) is 42.5 Å². The van der Waals surface area contributed by atoms with Gasteiger partial charge in [0.2, 0.25) is 5.91 Å². The van der Waals surface area contributed by atoms with Gasteiger partial charge in [-0.15, -0.1) is 0 Å². The Balaban J connectivity index is 2.05. The number of carbonyl (C=O) groups excluding carboxylic acids is 1. The Morgan fingerprint density at radius 2 is 2.00 bits per heavy atom. The molecule has 0 fully saturated rings. The molecule has 3 nitrogen and oxygen atoms in total. The van der Waals surface area contributed by atoms with E-state index in [-0.39, 0.29) is 12.1 Å². The number of rotatable bonds is 3. The van der Waals surface area contributed by atoms with Crippen LogP contribution in [-0.4, -0.2) is 12.1 Å². The maximum atomic E-state index is 13.8. The van der Waals surface area contributed by atoms with Crippen LogP contribution in [0.3, 0.4) is 0 Å². The zero-order valence-corrected chi connectivity index (χ0v) is 13.0. The molecule has 1 aliphatic rings. The van der Waals surface area contributed by atoms with E-state index < -0.39 is 24.0 Å². The van der Waals surface area contributed by atoms with Crippen LogP contribution < -0.4 is 11.1 Å². The number of halogens is 3. The number of carbonyl (C=O) groups is 1. The molecule has 1 aliphatic heterocycles. The summed E-state index contributed by atoms with van der Waals surface area (Å²) in [5.41, 5.74) is 7.79. The van der Waals surface area contributed by atoms with Crippen molar-refractivity contribution in [2.24, 2.45) is 5.73 Å². The van der Waals surface area contributed by atoms with Crippen molar-refractivity contribution in [3.8, 4) is 0 Å². The highest BCUT2D eigenvalue weighted by Gasteiger charge is 2.48. The van der Waals surface area contributed by atoms with Gasteiger partial charge in [0.15, 0.2) is 0 Å². The van der Waals surface area contributed by atoms with Crippen LogP contribution in [0.2, 0.25) is 0 Å². The molecular weight excluding hydrogens is 317 g/mol. The summed E-state index contributed by atoms with van der Waals surface area (Å²) in [6.07, 6.45) is -4.39. The summed E-state index contributed by atoms with van der Waals surface area (Å²) in [4.78, 5) is 11.3. The number of benzene rings is 2. The maximum Gasteiger partial charge on any atom is 0.397 e. The number of alkyl halides is 3. The largest absolute Gasteiger partial charge is 0.397 e. The van der Waals surface area contributed by atoms with Crippen molar-refractivity contribution < 1.29 is 18.0 Å². The molecule has 1 heterocycles. The summed E-state index contributed by atoms with van der Waals surface area (Å²) in [5.74, 6) is -2.25. The van der Waals surface area contributed by atoms with Crippen LogP contribution in [0, 0.1) is 6.92 Å². The van der Waals surface area contributed by atoms with Crippen molar-refractivity contribution in [2.45, 2.75) is 31.6 Å². The van der Waals surface area contributed by atoms with Crippen molar-refractivity contribution in [1.29, 1.82) is 0 Å². The van der Waals surface area contributed by atoms with Crippen molar-refractivity contribution in [3.63, 3.8) is 0 Å². The molecule has 0 aliphatic carbocycles. The predicted octanol–water partition coefficient (Wildman–Crippen LogP) is 3.58. The molecule has 6 heteroatoms. The fraction of sp³-hybridized carbons (Fsp3) is 0.278. The molecule has 24 heavy (non-hydrogen) atoms. The molecule has 2 atom stereocenters. The summed E-state index contributed by atoms with van der Waals surface area (Å²) >= 11 is 0. The first kappa shape index (κ1) is 16.5. The number of aryl methyl sites for hydroxylation is 1. The summed E-state index contributed by atoms with van der Waals surface area (Å²) in [6, 6.07) is 10.2. The molecule has 1 unspecified atom stereocenters. The van der Waals surface area contributed by atoms with Gasteiger partial charge >= 0.3 is 6.18 Å². The van der Waals surface area contributed by atoms with Gasteiger partial charge < -0.3 is 11.1 Å². The molecule has 3 rings (SSSR count). The van der Waals surface area contributed by atoms with E-state index in [1.807, 2.05) is 0 Å². The molecule has 1 amide bonds. The molecule has 0 saturated heterocycles. The predicted molar refractivity (Wildman–Crippen MR) is 84.5 cm³/mol. The van der Waals surface area contributed by atoms with E-state index >= 15 is 0 Å². The van der Waals surface area contributed by atoms with E-state index in [1.54, 1.807) is 37.3 Å². The third kappa shape index (κ3) is 3.01. The van der Waals surface area contributed by atoms with Gasteiger partial charge in [0.05, 0.1) is 5.92 Å². The average molecular weight is 334 g/mol. The molecule has 0 bridgehead atoms. The van der Waals surface area contributed by atoms with Crippen molar-refractivity contribution in [1.82, 2.24) is 5.32 Å². The number of nitrogens with two attached hydrogens (primary N) is 1. The van der Waals surface area contributed by atoms with Crippen LogP contribution >= 0.6 is 0 Å². The highest BCUT2D eigenvalue weighted by molar-refractivity contribution is 5.93. The third-order valence-corrected chi connectivity index (χ3v) is 4.36. The van der Waals surface area contributed by atoms with E-state index in [0.717, 1.165) is 5.56 Å². The van der Waals surface area contributed by atoms with E-state index in [4.69, 9.17) is 5.73 Å². The number of nitrogens with one attached hydrogen (secondary N) is 1. The lowest BCUT2D eigenvalue weighted by Crippen LogP contribution is -2.32. The standard InChI is InChI=1S/C18H17F3N2O/c1-10-3-2-4-11(7-10)15(18(19,20)21)16-14-6-5-12(17(22)24)8-13(14)9-23-16/h2-8,15-16,23H,9H2,1H3,(H2,22,24)/t15-,16?/m1/s1. The fourth-order valence-electron chi connectivity index (χ4n) is 3.28. The minimum atomic E-state index is -4.39. The van der Waals surface area contributed by atoms with Crippen LogP contribution in [0.25, 0.3) is 0 Å². The first-order chi connectivity index (χ1) is 11.3. The van der Waals surface area contributed by atoms with Crippen molar-refractivity contribution >= 4 is 5.91 Å². The molecule has 126 valence electrons. The van der Waals surface area contributed by atoms with Gasteiger partial charge in [-0.25, -0.2) is 0 Å². The monoisotopic (exact) mass is 334 g/mol. The average Bonchev–Trinajstić information content (AvgIpc) is 2.89. The van der Waals surface area contributed by atoms with E-state index in [9.17, 15) is 18.0 Å². The third-order valence-electron chi connectivity index (χ3n) is 4.36. The fourth-order valence-corrected chi connectivity index (χ4v) is 3.28. The summed E-state index contributed by atoms with van der Waals surface area (Å²) < 4.78 is 41.3.